The number of hydrogen-bond donors (Lipinski definition) is 1. The van der Waals surface area contributed by atoms with Gasteiger partial charge in [0.05, 0.1) is 17.3 Å². The van der Waals surface area contributed by atoms with Crippen LogP contribution in [0, 0.1) is 5.92 Å². The largest absolute Gasteiger partial charge is 0.350 e. The van der Waals surface area contributed by atoms with Crippen molar-refractivity contribution in [2.45, 2.75) is 25.8 Å². The highest BCUT2D eigenvalue weighted by Crippen LogP contribution is 2.20. The van der Waals surface area contributed by atoms with Gasteiger partial charge in [0, 0.05) is 18.8 Å². The quantitative estimate of drug-likeness (QED) is 0.880. The van der Waals surface area contributed by atoms with Crippen LogP contribution in [0.3, 0.4) is 0 Å². The van der Waals surface area contributed by atoms with E-state index in [0.29, 0.717) is 23.9 Å². The van der Waals surface area contributed by atoms with Gasteiger partial charge in [0.2, 0.25) is 5.91 Å². The molecule has 3 rings (SSSR count). The van der Waals surface area contributed by atoms with E-state index < -0.39 is 0 Å². The van der Waals surface area contributed by atoms with Gasteiger partial charge in [0.15, 0.2) is 0 Å². The number of carbonyl (C=O) groups excluding carboxylic acids is 1. The molecule has 0 fully saturated rings. The maximum absolute atomic E-state index is 11.8. The van der Waals surface area contributed by atoms with Crippen LogP contribution in [-0.2, 0) is 11.3 Å². The van der Waals surface area contributed by atoms with Crippen LogP contribution in [-0.4, -0.2) is 15.3 Å². The fourth-order valence-corrected chi connectivity index (χ4v) is 2.64. The van der Waals surface area contributed by atoms with E-state index in [1.165, 1.54) is 0 Å². The average molecular weight is 290 g/mol. The van der Waals surface area contributed by atoms with Crippen molar-refractivity contribution in [3.8, 4) is 0 Å². The zero-order chi connectivity index (χ0) is 13.9. The topological polar surface area (TPSA) is 46.4 Å². The van der Waals surface area contributed by atoms with Crippen LogP contribution in [0.5, 0.6) is 0 Å². The van der Waals surface area contributed by atoms with Gasteiger partial charge in [-0.1, -0.05) is 23.8 Å². The Morgan fingerprint density at radius 3 is 3.15 bits per heavy atom. The van der Waals surface area contributed by atoms with Gasteiger partial charge in [-0.3, -0.25) is 4.79 Å². The van der Waals surface area contributed by atoms with Gasteiger partial charge in [-0.2, -0.15) is 0 Å². The van der Waals surface area contributed by atoms with Gasteiger partial charge in [-0.05, 0) is 30.9 Å². The number of nitrogens with one attached hydrogen (secondary N) is 1. The Balaban J connectivity index is 1.58. The summed E-state index contributed by atoms with van der Waals surface area (Å²) < 4.78 is 1.86. The Hall–Kier alpha value is -1.81. The minimum Gasteiger partial charge on any atom is -0.350 e. The number of pyridine rings is 1. The van der Waals surface area contributed by atoms with Crippen molar-refractivity contribution in [3.63, 3.8) is 0 Å². The van der Waals surface area contributed by atoms with Crippen LogP contribution in [0.2, 0.25) is 5.02 Å². The molecular weight excluding hydrogens is 274 g/mol. The highest BCUT2D eigenvalue weighted by atomic mass is 35.5. The predicted octanol–water partition coefficient (Wildman–Crippen LogP) is 2.96. The lowest BCUT2D eigenvalue weighted by Gasteiger charge is -2.07. The Bertz CT molecular complexity index is 662. The third-order valence-corrected chi connectivity index (χ3v) is 3.72. The zero-order valence-corrected chi connectivity index (χ0v) is 11.8. The second-order valence-electron chi connectivity index (χ2n) is 5.09. The van der Waals surface area contributed by atoms with Crippen LogP contribution >= 0.6 is 11.6 Å². The second-order valence-corrected chi connectivity index (χ2v) is 5.53. The van der Waals surface area contributed by atoms with Gasteiger partial charge < -0.3 is 9.72 Å². The van der Waals surface area contributed by atoms with Gasteiger partial charge in [-0.25, -0.2) is 4.98 Å². The first-order chi connectivity index (χ1) is 9.70. The summed E-state index contributed by atoms with van der Waals surface area (Å²) >= 11 is 5.93. The number of nitrogens with zero attached hydrogens (tertiary/aromatic N) is 2. The normalized spacial score (nSPS) is 17.8. The number of hydrogen-bond acceptors (Lipinski definition) is 2. The summed E-state index contributed by atoms with van der Waals surface area (Å²) in [5.41, 5.74) is 1.67. The molecule has 2 aromatic rings. The van der Waals surface area contributed by atoms with Crippen molar-refractivity contribution in [2.24, 2.45) is 5.92 Å². The maximum Gasteiger partial charge on any atom is 0.220 e. The van der Waals surface area contributed by atoms with Crippen LogP contribution in [0.15, 0.2) is 36.7 Å². The number of imidazole rings is 1. The molecule has 0 bridgehead atoms. The van der Waals surface area contributed by atoms with Crippen molar-refractivity contribution in [1.82, 2.24) is 14.7 Å². The minimum absolute atomic E-state index is 0.0802. The standard InChI is InChI=1S/C15H16ClN3O/c16-12-5-6-14-18-13(10-19(14)9-12)8-17-15(20)7-11-3-1-2-4-11/h1,3,5-6,9-11H,2,4,7-8H2,(H,17,20). The molecule has 1 N–H and O–H groups in total. The molecule has 0 saturated carbocycles. The number of halogens is 1. The molecule has 1 atom stereocenters. The second kappa shape index (κ2) is 5.67. The fourth-order valence-electron chi connectivity index (χ4n) is 2.47. The summed E-state index contributed by atoms with van der Waals surface area (Å²) in [4.78, 5) is 16.3. The summed E-state index contributed by atoms with van der Waals surface area (Å²) in [5, 5.41) is 3.59. The third kappa shape index (κ3) is 3.02. The van der Waals surface area contributed by atoms with Crippen LogP contribution in [0.1, 0.15) is 25.0 Å². The molecule has 20 heavy (non-hydrogen) atoms. The zero-order valence-electron chi connectivity index (χ0n) is 11.1. The number of amides is 1. The van der Waals surface area contributed by atoms with E-state index in [9.17, 15) is 4.79 Å². The van der Waals surface area contributed by atoms with Gasteiger partial charge >= 0.3 is 0 Å². The SMILES string of the molecule is O=C(CC1C=CCC1)NCc1cn2cc(Cl)ccc2n1. The summed E-state index contributed by atoms with van der Waals surface area (Å²) in [6.07, 6.45) is 10.7. The molecule has 1 amide bonds. The first-order valence-corrected chi connectivity index (χ1v) is 7.15. The van der Waals surface area contributed by atoms with E-state index in [2.05, 4.69) is 22.5 Å². The minimum atomic E-state index is 0.0802. The van der Waals surface area contributed by atoms with Gasteiger partial charge in [0.25, 0.3) is 0 Å². The Labute approximate surface area is 122 Å². The van der Waals surface area contributed by atoms with Crippen LogP contribution in [0.25, 0.3) is 5.65 Å². The highest BCUT2D eigenvalue weighted by molar-refractivity contribution is 6.30. The molecule has 0 spiro atoms. The number of allylic oxidation sites excluding steroid dienone is 2. The molecule has 0 radical (unpaired) electrons. The molecule has 1 aliphatic rings. The molecule has 2 heterocycles. The van der Waals surface area contributed by atoms with Gasteiger partial charge in [-0.15, -0.1) is 0 Å². The number of carbonyl (C=O) groups is 1. The molecule has 1 aliphatic carbocycles. The van der Waals surface area contributed by atoms with Crippen LogP contribution in [0.4, 0.5) is 0 Å². The Morgan fingerprint density at radius 2 is 2.35 bits per heavy atom. The van der Waals surface area contributed by atoms with Crippen LogP contribution < -0.4 is 5.32 Å². The molecule has 104 valence electrons. The lowest BCUT2D eigenvalue weighted by Crippen LogP contribution is -2.24. The first kappa shape index (κ1) is 13.2. The Morgan fingerprint density at radius 1 is 1.45 bits per heavy atom. The summed E-state index contributed by atoms with van der Waals surface area (Å²) in [7, 11) is 0. The average Bonchev–Trinajstić information content (AvgIpc) is 3.04. The van der Waals surface area contributed by atoms with E-state index in [1.807, 2.05) is 16.7 Å². The monoisotopic (exact) mass is 289 g/mol. The molecule has 0 aromatic carbocycles. The molecule has 1 unspecified atom stereocenters. The lowest BCUT2D eigenvalue weighted by molar-refractivity contribution is -0.121. The maximum atomic E-state index is 11.8. The van der Waals surface area contributed by atoms with Gasteiger partial charge in [0.1, 0.15) is 5.65 Å². The van der Waals surface area contributed by atoms with Crippen molar-refractivity contribution in [1.29, 1.82) is 0 Å². The van der Waals surface area contributed by atoms with Crippen molar-refractivity contribution in [2.75, 3.05) is 0 Å². The van der Waals surface area contributed by atoms with Crippen molar-refractivity contribution >= 4 is 23.2 Å². The highest BCUT2D eigenvalue weighted by Gasteiger charge is 2.14. The molecule has 4 nitrogen and oxygen atoms in total. The number of fused-ring (bicyclic) bond motifs is 1. The molecule has 5 heteroatoms. The van der Waals surface area contributed by atoms with E-state index in [1.54, 1.807) is 12.3 Å². The smallest absolute Gasteiger partial charge is 0.220 e. The summed E-state index contributed by atoms with van der Waals surface area (Å²) in [6.45, 7) is 0.453. The number of rotatable bonds is 4. The lowest BCUT2D eigenvalue weighted by atomic mass is 10.1. The summed E-state index contributed by atoms with van der Waals surface area (Å²) in [6, 6.07) is 3.66. The van der Waals surface area contributed by atoms with Crippen molar-refractivity contribution in [3.05, 3.63) is 47.4 Å². The molecule has 2 aromatic heterocycles. The van der Waals surface area contributed by atoms with E-state index in [0.717, 1.165) is 24.2 Å². The third-order valence-electron chi connectivity index (χ3n) is 3.49. The van der Waals surface area contributed by atoms with E-state index in [4.69, 9.17) is 11.6 Å². The van der Waals surface area contributed by atoms with E-state index >= 15 is 0 Å². The van der Waals surface area contributed by atoms with Crippen molar-refractivity contribution < 1.29 is 4.79 Å². The molecule has 0 saturated heterocycles. The molecular formula is C15H16ClN3O. The molecule has 0 aliphatic heterocycles. The summed E-state index contributed by atoms with van der Waals surface area (Å²) in [5.74, 6) is 0.478. The van der Waals surface area contributed by atoms with E-state index in [-0.39, 0.29) is 5.91 Å². The first-order valence-electron chi connectivity index (χ1n) is 6.77. The predicted molar refractivity (Wildman–Crippen MR) is 78.5 cm³/mol. The Kier molecular flexibility index (Phi) is 3.74. The fraction of sp³-hybridized carbons (Fsp3) is 0.333. The number of aromatic nitrogens is 2.